The molecule has 4 saturated heterocycles. The molecule has 0 aromatic rings. The van der Waals surface area contributed by atoms with Crippen molar-refractivity contribution in [1.82, 2.24) is 21.3 Å². The molecular weight excluding hydrogens is 1320 g/mol. The molecule has 4 rings (SSSR count). The summed E-state index contributed by atoms with van der Waals surface area (Å²) in [4.78, 5) is 52.4. The van der Waals surface area contributed by atoms with Crippen LogP contribution in [0.3, 0.4) is 0 Å². The van der Waals surface area contributed by atoms with Crippen LogP contribution in [-0.4, -0.2) is 178 Å². The van der Waals surface area contributed by atoms with E-state index in [2.05, 4.69) is 27.8 Å². The van der Waals surface area contributed by atoms with Gasteiger partial charge in [-0.15, -0.1) is 6.58 Å². The number of alkyl halides is 12. The van der Waals surface area contributed by atoms with Gasteiger partial charge >= 0.3 is 24.4 Å². The maximum atomic E-state index is 13.3. The topological polar surface area (TPSA) is 247 Å². The minimum atomic E-state index is -1.92. The number of amides is 4. The fourth-order valence-electron chi connectivity index (χ4n) is 9.36. The first kappa shape index (κ1) is 72.4. The van der Waals surface area contributed by atoms with E-state index in [1.54, 1.807) is 0 Å². The van der Waals surface area contributed by atoms with Crippen molar-refractivity contribution in [3.05, 3.63) is 12.7 Å². The van der Waals surface area contributed by atoms with Gasteiger partial charge in [0.15, 0.2) is 25.2 Å². The van der Waals surface area contributed by atoms with E-state index < -0.39 is 157 Å². The summed E-state index contributed by atoms with van der Waals surface area (Å²) >= 11 is 70.2. The van der Waals surface area contributed by atoms with E-state index >= 15 is 0 Å². The molecule has 33 heteroatoms. The van der Waals surface area contributed by atoms with Gasteiger partial charge in [-0.2, -0.15) is 0 Å². The minimum Gasteiger partial charge on any atom is -0.445 e. The van der Waals surface area contributed by atoms with Crippen molar-refractivity contribution >= 4 is 164 Å². The van der Waals surface area contributed by atoms with Crippen molar-refractivity contribution in [3.63, 3.8) is 0 Å². The molecule has 4 fully saturated rings. The van der Waals surface area contributed by atoms with Crippen LogP contribution in [0.4, 0.5) is 19.2 Å². The summed E-state index contributed by atoms with van der Waals surface area (Å²) in [5.74, 6) is -2.87. The van der Waals surface area contributed by atoms with E-state index in [4.69, 9.17) is 196 Å². The van der Waals surface area contributed by atoms with Gasteiger partial charge in [0.2, 0.25) is 15.2 Å². The summed E-state index contributed by atoms with van der Waals surface area (Å²) in [5, 5.41) is 21.3. The number of rotatable bonds is 21. The van der Waals surface area contributed by atoms with Crippen LogP contribution in [0.5, 0.6) is 0 Å². The van der Waals surface area contributed by atoms with Crippen molar-refractivity contribution in [2.45, 2.75) is 144 Å². The molecule has 20 atom stereocenters. The van der Waals surface area contributed by atoms with Gasteiger partial charge in [-0.05, 0) is 47.3 Å². The molecule has 0 aliphatic carbocycles. The smallest absolute Gasteiger partial charge is 0.407 e. The van der Waals surface area contributed by atoms with E-state index in [0.29, 0.717) is 0 Å². The average Bonchev–Trinajstić information content (AvgIpc) is 3.36. The molecule has 0 spiro atoms. The van der Waals surface area contributed by atoms with E-state index in [1.165, 1.54) is 6.08 Å². The number of nitrogens with one attached hydrogen (secondary N) is 4. The van der Waals surface area contributed by atoms with Crippen LogP contribution in [-0.2, 0) is 56.8 Å². The average molecular weight is 1390 g/mol. The SMILES string of the molecule is C=CCO[C@@H]1OC(CO[C@@H]2OC(CO[C@@H]3OC(CO[C@@H]4OC(CO)[C@@H](C)[C@H](C)C4NC(=O)OCC(Cl)(Cl)Cl)[C@@H](C)[C@H](C)C3NC(=O)OCC(Cl)(Cl)Cl)[C@@H](C)[C@H](C)C2NC(=O)OCC(Cl)(Cl)Cl)[C@@H](C)[C@H](C)C1NC(=O)OCC(Cl)(Cl)Cl. The predicted molar refractivity (Wildman–Crippen MR) is 303 cm³/mol. The third-order valence-corrected chi connectivity index (χ3v) is 16.1. The van der Waals surface area contributed by atoms with Gasteiger partial charge in [0.25, 0.3) is 0 Å². The van der Waals surface area contributed by atoms with Crippen molar-refractivity contribution < 1.29 is 81.1 Å². The Morgan fingerprint density at radius 2 is 0.637 bits per heavy atom. The Labute approximate surface area is 525 Å². The summed E-state index contributed by atoms with van der Waals surface area (Å²) < 4.78 is 64.5. The fraction of sp³-hybridized carbons (Fsp3) is 0.872. The van der Waals surface area contributed by atoms with Crippen LogP contribution in [0.25, 0.3) is 0 Å². The second-order valence-electron chi connectivity index (χ2n) is 20.3. The maximum Gasteiger partial charge on any atom is 0.407 e. The molecular formula is C47H70Cl12N4O17. The molecule has 0 aromatic carbocycles. The molecule has 0 bridgehead atoms. The molecule has 4 aliphatic heterocycles. The lowest BCUT2D eigenvalue weighted by molar-refractivity contribution is -0.300. The van der Waals surface area contributed by atoms with E-state index in [1.807, 2.05) is 55.4 Å². The quantitative estimate of drug-likeness (QED) is 0.0407. The fourth-order valence-corrected chi connectivity index (χ4v) is 10.0. The van der Waals surface area contributed by atoms with Crippen molar-refractivity contribution in [1.29, 1.82) is 0 Å². The number of aliphatic hydroxyl groups excluding tert-OH is 1. The second kappa shape index (κ2) is 32.2. The highest BCUT2D eigenvalue weighted by Gasteiger charge is 2.50. The van der Waals surface area contributed by atoms with Crippen molar-refractivity contribution in [2.75, 3.05) is 59.5 Å². The first-order chi connectivity index (χ1) is 37.0. The van der Waals surface area contributed by atoms with Crippen LogP contribution >= 0.6 is 139 Å². The zero-order valence-corrected chi connectivity index (χ0v) is 53.8. The Morgan fingerprint density at radius 3 is 0.863 bits per heavy atom. The van der Waals surface area contributed by atoms with Crippen LogP contribution in [0, 0.1) is 47.3 Å². The van der Waals surface area contributed by atoms with E-state index in [-0.39, 0.29) is 62.6 Å². The van der Waals surface area contributed by atoms with E-state index in [9.17, 15) is 24.3 Å². The highest BCUT2D eigenvalue weighted by atomic mass is 35.6. The molecule has 0 saturated carbocycles. The maximum absolute atomic E-state index is 13.3. The molecule has 8 unspecified atom stereocenters. The molecule has 80 heavy (non-hydrogen) atoms. The summed E-state index contributed by atoms with van der Waals surface area (Å²) in [5.41, 5.74) is 0. The molecule has 4 aliphatic rings. The lowest BCUT2D eigenvalue weighted by atomic mass is 9.81. The van der Waals surface area contributed by atoms with Crippen molar-refractivity contribution in [3.8, 4) is 0 Å². The Balaban J connectivity index is 1.60. The third-order valence-electron chi connectivity index (χ3n) is 14.8. The Bertz CT molecular complexity index is 2000. The largest absolute Gasteiger partial charge is 0.445 e. The highest BCUT2D eigenvalue weighted by Crippen LogP contribution is 2.39. The van der Waals surface area contributed by atoms with Gasteiger partial charge in [-0.1, -0.05) is 201 Å². The summed E-state index contributed by atoms with van der Waals surface area (Å²) in [6, 6.07) is -3.35. The van der Waals surface area contributed by atoms with Gasteiger partial charge in [-0.25, -0.2) is 19.2 Å². The lowest BCUT2D eigenvalue weighted by Gasteiger charge is -2.48. The van der Waals surface area contributed by atoms with Crippen LogP contribution < -0.4 is 21.3 Å². The molecule has 464 valence electrons. The van der Waals surface area contributed by atoms with Crippen LogP contribution in [0.2, 0.25) is 0 Å². The van der Waals surface area contributed by atoms with Crippen molar-refractivity contribution in [2.24, 2.45) is 47.3 Å². The number of hydrogen-bond acceptors (Lipinski definition) is 17. The monoisotopic (exact) mass is 1380 g/mol. The number of halogens is 12. The van der Waals surface area contributed by atoms with Crippen LogP contribution in [0.1, 0.15) is 55.4 Å². The normalized spacial score (nSPS) is 35.3. The Morgan fingerprint density at radius 1 is 0.412 bits per heavy atom. The third kappa shape index (κ3) is 23.2. The number of hydrogen-bond donors (Lipinski definition) is 5. The molecule has 5 N–H and O–H groups in total. The summed E-state index contributed by atoms with van der Waals surface area (Å²) in [7, 11) is 0. The zero-order chi connectivity index (χ0) is 60.2. The van der Waals surface area contributed by atoms with Gasteiger partial charge in [0.05, 0.1) is 81.6 Å². The molecule has 4 amide bonds. The molecule has 0 radical (unpaired) electrons. The Kier molecular flexibility index (Phi) is 29.2. The van der Waals surface area contributed by atoms with E-state index in [0.717, 1.165) is 0 Å². The van der Waals surface area contributed by atoms with Gasteiger partial charge in [-0.3, -0.25) is 0 Å². The predicted octanol–water partition coefficient (Wildman–Crippen LogP) is 10.1. The number of alkyl carbamates (subject to hydrolysis) is 4. The molecule has 0 aromatic heterocycles. The number of aliphatic hydroxyl groups is 1. The number of carbonyl (C=O) groups excluding carboxylic acids is 4. The lowest BCUT2D eigenvalue weighted by Crippen LogP contribution is -2.62. The number of carbonyl (C=O) groups is 4. The number of ether oxygens (including phenoxy) is 12. The first-order valence-electron chi connectivity index (χ1n) is 25.3. The summed E-state index contributed by atoms with van der Waals surface area (Å²) in [6.07, 6.45) is -9.69. The molecule has 4 heterocycles. The molecule has 21 nitrogen and oxygen atoms in total. The second-order valence-corrected chi connectivity index (χ2v) is 30.4. The Hall–Kier alpha value is -0.0600. The summed E-state index contributed by atoms with van der Waals surface area (Å²) in [6.45, 7) is 15.6. The van der Waals surface area contributed by atoms with Crippen LogP contribution in [0.15, 0.2) is 12.7 Å². The minimum absolute atomic E-state index is 0.0465. The standard InChI is InChI=1S/C47H70Cl12N4O17/c1-10-11-69-36-32(60-40(65)73-16-44(48,49)50)25(7)21(3)29(78-36)13-71-38-34(62-42(67)75-18-46(54,55)56)27(9)23(5)31(80-38)15-72-39-35(63-43(68)76-19-47(57,58)59)26(8)22(4)30(79-39)14-70-37-33(24(6)20(2)28(12-64)77-37)61-41(66)74-17-45(51,52)53/h10,20-39,64H,1,11-19H2,2-9H3,(H,60,65)(H,61,66)(H,62,67)(H,63,68)/t20-,21-,22-,23-,24-,25-,26-,27-,28?,29?,30?,31?,32?,33?,34?,35?,36+,37+,38+,39+/m0/s1. The van der Waals surface area contributed by atoms with Gasteiger partial charge < -0.3 is 83.2 Å². The van der Waals surface area contributed by atoms with Gasteiger partial charge in [0, 0.05) is 0 Å². The highest BCUT2D eigenvalue weighted by molar-refractivity contribution is 6.69. The zero-order valence-electron chi connectivity index (χ0n) is 44.7. The first-order valence-corrected chi connectivity index (χ1v) is 29.9. The van der Waals surface area contributed by atoms with Gasteiger partial charge in [0.1, 0.15) is 26.4 Å².